The molecule has 0 aromatic heterocycles. The van der Waals surface area contributed by atoms with Gasteiger partial charge in [0.1, 0.15) is 28.8 Å². The van der Waals surface area contributed by atoms with E-state index in [0.717, 1.165) is 17.7 Å². The molecule has 0 aliphatic carbocycles. The van der Waals surface area contributed by atoms with Crippen molar-refractivity contribution in [1.29, 1.82) is 0 Å². The summed E-state index contributed by atoms with van der Waals surface area (Å²) in [5, 5.41) is 2.22. The maximum Gasteiger partial charge on any atom is 0.416 e. The van der Waals surface area contributed by atoms with Gasteiger partial charge in [0.2, 0.25) is 0 Å². The Morgan fingerprint density at radius 1 is 0.810 bits per heavy atom. The summed E-state index contributed by atoms with van der Waals surface area (Å²) in [7, 11) is 0. The zero-order chi connectivity index (χ0) is 29.9. The Balaban J connectivity index is 1.20. The number of imide groups is 1. The highest BCUT2D eigenvalue weighted by atomic mass is 35.5. The molecule has 0 fully saturated rings. The standard InChI is InChI=1S/C31H20ClF3N2O5/c32-26-27(29(39)37(28(26)38)23-8-4-7-21(17-23)31(33,34)35)36-22-11-9-20(10-12-22)30(40)42-25-15-13-24(14-16-25)41-18-19-5-2-1-3-6-19/h1-17,36H,18H2. The Labute approximate surface area is 242 Å². The fourth-order valence-electron chi connectivity index (χ4n) is 4.01. The first-order valence-corrected chi connectivity index (χ1v) is 12.8. The van der Waals surface area contributed by atoms with Crippen molar-refractivity contribution in [2.45, 2.75) is 12.8 Å². The van der Waals surface area contributed by atoms with E-state index in [9.17, 15) is 27.6 Å². The summed E-state index contributed by atoms with van der Waals surface area (Å²) in [5.41, 5.74) is -0.0990. The molecule has 0 radical (unpaired) electrons. The van der Waals surface area contributed by atoms with Crippen molar-refractivity contribution in [3.63, 3.8) is 0 Å². The number of ether oxygens (including phenoxy) is 2. The monoisotopic (exact) mass is 592 g/mol. The van der Waals surface area contributed by atoms with E-state index < -0.39 is 34.6 Å². The summed E-state index contributed by atoms with van der Waals surface area (Å²) < 4.78 is 50.5. The molecule has 1 aliphatic rings. The van der Waals surface area contributed by atoms with Crippen molar-refractivity contribution >= 4 is 40.8 Å². The summed E-state index contributed by atoms with van der Waals surface area (Å²) in [6, 6.07) is 25.8. The minimum atomic E-state index is -4.66. The number of nitrogens with one attached hydrogen (secondary N) is 1. The van der Waals surface area contributed by atoms with Gasteiger partial charge >= 0.3 is 12.1 Å². The number of anilines is 2. The maximum absolute atomic E-state index is 13.1. The quantitative estimate of drug-likeness (QED) is 0.136. The molecule has 4 aromatic rings. The van der Waals surface area contributed by atoms with Crippen LogP contribution >= 0.6 is 11.6 Å². The number of nitrogens with zero attached hydrogens (tertiary/aromatic N) is 1. The molecule has 11 heteroatoms. The molecule has 0 saturated carbocycles. The van der Waals surface area contributed by atoms with Crippen LogP contribution in [0.15, 0.2) is 114 Å². The number of carbonyl (C=O) groups is 3. The first kappa shape index (κ1) is 28.4. The Bertz CT molecular complexity index is 1670. The molecule has 1 aliphatic heterocycles. The summed E-state index contributed by atoms with van der Waals surface area (Å²) >= 11 is 6.08. The lowest BCUT2D eigenvalue weighted by Gasteiger charge is -2.17. The number of halogens is 4. The van der Waals surface area contributed by atoms with Crippen LogP contribution in [0.4, 0.5) is 24.5 Å². The van der Waals surface area contributed by atoms with Crippen molar-refractivity contribution in [1.82, 2.24) is 0 Å². The first-order valence-electron chi connectivity index (χ1n) is 12.4. The van der Waals surface area contributed by atoms with E-state index in [1.54, 1.807) is 24.3 Å². The molecule has 4 aromatic carbocycles. The van der Waals surface area contributed by atoms with E-state index in [-0.39, 0.29) is 16.9 Å². The topological polar surface area (TPSA) is 84.9 Å². The fourth-order valence-corrected chi connectivity index (χ4v) is 4.22. The van der Waals surface area contributed by atoms with Crippen molar-refractivity contribution < 1.29 is 37.0 Å². The number of hydrogen-bond donors (Lipinski definition) is 1. The van der Waals surface area contributed by atoms with E-state index >= 15 is 0 Å². The molecule has 7 nitrogen and oxygen atoms in total. The van der Waals surface area contributed by atoms with Gasteiger partial charge in [-0.2, -0.15) is 13.2 Å². The average molecular weight is 593 g/mol. The number of hydrogen-bond acceptors (Lipinski definition) is 6. The Kier molecular flexibility index (Phi) is 7.99. The van der Waals surface area contributed by atoms with Gasteiger partial charge < -0.3 is 14.8 Å². The molecule has 0 spiro atoms. The molecular weight excluding hydrogens is 573 g/mol. The number of esters is 1. The van der Waals surface area contributed by atoms with Crippen molar-refractivity contribution in [3.05, 3.63) is 131 Å². The van der Waals surface area contributed by atoms with Crippen LogP contribution in [-0.2, 0) is 22.4 Å². The van der Waals surface area contributed by atoms with E-state index in [0.29, 0.717) is 34.8 Å². The Morgan fingerprint density at radius 2 is 1.48 bits per heavy atom. The van der Waals surface area contributed by atoms with Crippen LogP contribution in [0.3, 0.4) is 0 Å². The number of amides is 2. The number of benzene rings is 4. The van der Waals surface area contributed by atoms with E-state index in [2.05, 4.69) is 5.32 Å². The Morgan fingerprint density at radius 3 is 2.14 bits per heavy atom. The SMILES string of the molecule is O=C(Oc1ccc(OCc2ccccc2)cc1)c1ccc(NC2=C(Cl)C(=O)N(c3cccc(C(F)(F)F)c3)C2=O)cc1. The molecule has 1 N–H and O–H groups in total. The van der Waals surface area contributed by atoms with Gasteiger partial charge in [-0.15, -0.1) is 0 Å². The van der Waals surface area contributed by atoms with Gasteiger partial charge in [0.15, 0.2) is 0 Å². The van der Waals surface area contributed by atoms with Gasteiger partial charge in [0.05, 0.1) is 16.8 Å². The van der Waals surface area contributed by atoms with Crippen LogP contribution in [0.25, 0.3) is 0 Å². The highest BCUT2D eigenvalue weighted by molar-refractivity contribution is 6.53. The zero-order valence-electron chi connectivity index (χ0n) is 21.5. The van der Waals surface area contributed by atoms with Gasteiger partial charge in [0, 0.05) is 5.69 Å². The molecule has 0 atom stereocenters. The van der Waals surface area contributed by atoms with Crippen LogP contribution in [0.2, 0.25) is 0 Å². The van der Waals surface area contributed by atoms with E-state index in [4.69, 9.17) is 21.1 Å². The normalized spacial score (nSPS) is 13.4. The van der Waals surface area contributed by atoms with Crippen LogP contribution in [0, 0.1) is 0 Å². The minimum absolute atomic E-state index is 0.199. The lowest BCUT2D eigenvalue weighted by atomic mass is 10.2. The van der Waals surface area contributed by atoms with Crippen LogP contribution < -0.4 is 19.7 Å². The summed E-state index contributed by atoms with van der Waals surface area (Å²) in [6.07, 6.45) is -4.66. The summed E-state index contributed by atoms with van der Waals surface area (Å²) in [4.78, 5) is 38.8. The molecule has 5 rings (SSSR count). The third-order valence-electron chi connectivity index (χ3n) is 6.13. The number of carbonyl (C=O) groups excluding carboxylic acids is 3. The highest BCUT2D eigenvalue weighted by Crippen LogP contribution is 2.35. The van der Waals surface area contributed by atoms with Crippen molar-refractivity contribution in [2.75, 3.05) is 10.2 Å². The van der Waals surface area contributed by atoms with Gasteiger partial charge in [0.25, 0.3) is 11.8 Å². The maximum atomic E-state index is 13.1. The predicted octanol–water partition coefficient (Wildman–Crippen LogP) is 6.94. The molecule has 0 unspecified atom stereocenters. The molecule has 1 heterocycles. The Hall–Kier alpha value is -5.09. The lowest BCUT2D eigenvalue weighted by Crippen LogP contribution is -2.32. The second-order valence-corrected chi connectivity index (χ2v) is 9.40. The van der Waals surface area contributed by atoms with Crippen molar-refractivity contribution in [3.8, 4) is 11.5 Å². The molecule has 42 heavy (non-hydrogen) atoms. The molecule has 0 bridgehead atoms. The van der Waals surface area contributed by atoms with Crippen molar-refractivity contribution in [2.24, 2.45) is 0 Å². The van der Waals surface area contributed by atoms with Gasteiger partial charge in [-0.25, -0.2) is 9.69 Å². The third-order valence-corrected chi connectivity index (χ3v) is 6.48. The average Bonchev–Trinajstić information content (AvgIpc) is 3.20. The largest absolute Gasteiger partial charge is 0.489 e. The van der Waals surface area contributed by atoms with Crippen LogP contribution in [0.5, 0.6) is 11.5 Å². The van der Waals surface area contributed by atoms with Crippen LogP contribution in [0.1, 0.15) is 21.5 Å². The smallest absolute Gasteiger partial charge is 0.416 e. The fraction of sp³-hybridized carbons (Fsp3) is 0.0645. The van der Waals surface area contributed by atoms with E-state index in [1.165, 1.54) is 30.3 Å². The summed E-state index contributed by atoms with van der Waals surface area (Å²) in [6.45, 7) is 0.394. The second kappa shape index (κ2) is 11.8. The first-order chi connectivity index (χ1) is 20.1. The van der Waals surface area contributed by atoms with Crippen LogP contribution in [-0.4, -0.2) is 17.8 Å². The molecule has 0 saturated heterocycles. The number of rotatable bonds is 8. The lowest BCUT2D eigenvalue weighted by molar-refractivity contribution is -0.137. The molecule has 212 valence electrons. The van der Waals surface area contributed by atoms with Gasteiger partial charge in [-0.05, 0) is 72.3 Å². The molecular formula is C31H20ClF3N2O5. The highest BCUT2D eigenvalue weighted by Gasteiger charge is 2.40. The zero-order valence-corrected chi connectivity index (χ0v) is 22.3. The third kappa shape index (κ3) is 6.29. The number of alkyl halides is 3. The van der Waals surface area contributed by atoms with E-state index in [1.807, 2.05) is 30.3 Å². The van der Waals surface area contributed by atoms with Gasteiger partial charge in [-0.1, -0.05) is 48.0 Å². The predicted molar refractivity (Wildman–Crippen MR) is 149 cm³/mol. The minimum Gasteiger partial charge on any atom is -0.489 e. The second-order valence-electron chi connectivity index (χ2n) is 9.02. The summed E-state index contributed by atoms with van der Waals surface area (Å²) in [5.74, 6) is -1.63. The van der Waals surface area contributed by atoms with Gasteiger partial charge in [-0.3, -0.25) is 9.59 Å². The molecule has 2 amide bonds.